The molecule has 124 valence electrons. The molecule has 4 aromatic rings. The minimum atomic E-state index is -0.206. The summed E-state index contributed by atoms with van der Waals surface area (Å²) < 4.78 is 2.74. The van der Waals surface area contributed by atoms with Gasteiger partial charge in [-0.3, -0.25) is 9.89 Å². The van der Waals surface area contributed by atoms with Crippen molar-refractivity contribution in [2.45, 2.75) is 6.92 Å². The van der Waals surface area contributed by atoms with Gasteiger partial charge in [-0.05, 0) is 37.3 Å². The fourth-order valence-corrected chi connectivity index (χ4v) is 3.00. The van der Waals surface area contributed by atoms with Gasteiger partial charge in [-0.2, -0.15) is 10.2 Å². The third-order valence-corrected chi connectivity index (χ3v) is 4.58. The SMILES string of the molecule is Cc1c(C(=O)Nc2cccc3cn[nH]c23)cnn1-c1ccc(Br)cc1. The first-order valence-corrected chi connectivity index (χ1v) is 8.47. The Kier molecular flexibility index (Phi) is 3.85. The summed E-state index contributed by atoms with van der Waals surface area (Å²) in [7, 11) is 0. The van der Waals surface area contributed by atoms with Gasteiger partial charge < -0.3 is 5.32 Å². The van der Waals surface area contributed by atoms with Crippen LogP contribution in [0, 0.1) is 6.92 Å². The molecule has 4 rings (SSSR count). The molecule has 2 aromatic carbocycles. The van der Waals surface area contributed by atoms with Gasteiger partial charge in [-0.1, -0.05) is 28.1 Å². The highest BCUT2D eigenvalue weighted by atomic mass is 79.9. The zero-order chi connectivity index (χ0) is 17.4. The summed E-state index contributed by atoms with van der Waals surface area (Å²) >= 11 is 3.42. The summed E-state index contributed by atoms with van der Waals surface area (Å²) in [5, 5.41) is 15.1. The lowest BCUT2D eigenvalue weighted by molar-refractivity contribution is 0.102. The van der Waals surface area contributed by atoms with Crippen molar-refractivity contribution in [1.82, 2.24) is 20.0 Å². The Morgan fingerprint density at radius 2 is 1.96 bits per heavy atom. The normalized spacial score (nSPS) is 11.0. The largest absolute Gasteiger partial charge is 0.320 e. The number of anilines is 1. The molecule has 0 spiro atoms. The number of amides is 1. The number of benzene rings is 2. The van der Waals surface area contributed by atoms with E-state index in [1.54, 1.807) is 17.1 Å². The first-order chi connectivity index (χ1) is 12.1. The summed E-state index contributed by atoms with van der Waals surface area (Å²) in [6.07, 6.45) is 3.31. The van der Waals surface area contributed by atoms with Crippen molar-refractivity contribution in [3.8, 4) is 5.69 Å². The predicted molar refractivity (Wildman–Crippen MR) is 100 cm³/mol. The Morgan fingerprint density at radius 1 is 1.16 bits per heavy atom. The number of aromatic nitrogens is 4. The van der Waals surface area contributed by atoms with E-state index in [9.17, 15) is 4.79 Å². The molecule has 1 amide bonds. The van der Waals surface area contributed by atoms with Crippen molar-refractivity contribution in [2.75, 3.05) is 5.32 Å². The van der Waals surface area contributed by atoms with E-state index in [1.165, 1.54) is 0 Å². The Morgan fingerprint density at radius 3 is 2.76 bits per heavy atom. The fraction of sp³-hybridized carbons (Fsp3) is 0.0556. The van der Waals surface area contributed by atoms with Crippen LogP contribution < -0.4 is 5.32 Å². The number of H-pyrrole nitrogens is 1. The monoisotopic (exact) mass is 395 g/mol. The van der Waals surface area contributed by atoms with Crippen molar-refractivity contribution >= 4 is 38.4 Å². The van der Waals surface area contributed by atoms with Crippen LogP contribution >= 0.6 is 15.9 Å². The maximum Gasteiger partial charge on any atom is 0.259 e. The molecule has 0 aliphatic rings. The third kappa shape index (κ3) is 2.83. The zero-order valence-electron chi connectivity index (χ0n) is 13.3. The second-order valence-corrected chi connectivity index (χ2v) is 6.54. The van der Waals surface area contributed by atoms with Gasteiger partial charge in [-0.15, -0.1) is 0 Å². The summed E-state index contributed by atoms with van der Waals surface area (Å²) in [5.74, 6) is -0.206. The number of nitrogens with zero attached hydrogens (tertiary/aromatic N) is 3. The Labute approximate surface area is 152 Å². The molecule has 0 unspecified atom stereocenters. The van der Waals surface area contributed by atoms with Gasteiger partial charge in [0.2, 0.25) is 0 Å². The first-order valence-electron chi connectivity index (χ1n) is 7.67. The van der Waals surface area contributed by atoms with Gasteiger partial charge in [0.25, 0.3) is 5.91 Å². The summed E-state index contributed by atoms with van der Waals surface area (Å²) in [5.41, 5.74) is 3.69. The molecule has 0 atom stereocenters. The molecular weight excluding hydrogens is 382 g/mol. The number of rotatable bonds is 3. The number of nitrogens with one attached hydrogen (secondary N) is 2. The standard InChI is InChI=1S/C18H14BrN5O/c1-11-15(10-21-24(11)14-7-5-13(19)6-8-14)18(25)22-16-4-2-3-12-9-20-23-17(12)16/h2-10H,1H3,(H,20,23)(H,22,25). The van der Waals surface area contributed by atoms with Crippen LogP contribution in [0.4, 0.5) is 5.69 Å². The first kappa shape index (κ1) is 15.6. The Hall–Kier alpha value is -2.93. The number of aromatic amines is 1. The number of halogens is 1. The van der Waals surface area contributed by atoms with E-state index in [1.807, 2.05) is 49.4 Å². The van der Waals surface area contributed by atoms with Gasteiger partial charge in [-0.25, -0.2) is 4.68 Å². The number of hydrogen-bond acceptors (Lipinski definition) is 3. The van der Waals surface area contributed by atoms with Gasteiger partial charge in [0.05, 0.1) is 40.5 Å². The smallest absolute Gasteiger partial charge is 0.259 e. The number of fused-ring (bicyclic) bond motifs is 1. The molecule has 2 heterocycles. The molecule has 0 aliphatic carbocycles. The quantitative estimate of drug-likeness (QED) is 0.548. The third-order valence-electron chi connectivity index (χ3n) is 4.05. The van der Waals surface area contributed by atoms with Crippen LogP contribution in [0.2, 0.25) is 0 Å². The van der Waals surface area contributed by atoms with Crippen LogP contribution in [0.3, 0.4) is 0 Å². The maximum absolute atomic E-state index is 12.7. The van der Waals surface area contributed by atoms with E-state index in [4.69, 9.17) is 0 Å². The molecule has 0 fully saturated rings. The highest BCUT2D eigenvalue weighted by Gasteiger charge is 2.16. The van der Waals surface area contributed by atoms with Crippen LogP contribution in [0.15, 0.2) is 59.3 Å². The van der Waals surface area contributed by atoms with E-state index in [2.05, 4.69) is 36.5 Å². The molecule has 2 aromatic heterocycles. The minimum Gasteiger partial charge on any atom is -0.320 e. The van der Waals surface area contributed by atoms with Crippen molar-refractivity contribution in [1.29, 1.82) is 0 Å². The van der Waals surface area contributed by atoms with Gasteiger partial charge >= 0.3 is 0 Å². The lowest BCUT2D eigenvalue weighted by atomic mass is 10.2. The maximum atomic E-state index is 12.7. The van der Waals surface area contributed by atoms with Crippen molar-refractivity contribution in [3.05, 3.63) is 70.6 Å². The zero-order valence-corrected chi connectivity index (χ0v) is 14.9. The van der Waals surface area contributed by atoms with Gasteiger partial charge in [0.15, 0.2) is 0 Å². The Bertz CT molecular complexity index is 1060. The highest BCUT2D eigenvalue weighted by Crippen LogP contribution is 2.22. The predicted octanol–water partition coefficient (Wildman–Crippen LogP) is 4.07. The topological polar surface area (TPSA) is 75.6 Å². The molecule has 6 nitrogen and oxygen atoms in total. The molecule has 0 saturated heterocycles. The van der Waals surface area contributed by atoms with E-state index >= 15 is 0 Å². The number of para-hydroxylation sites is 1. The molecule has 0 aliphatic heterocycles. The van der Waals surface area contributed by atoms with Crippen molar-refractivity contribution < 1.29 is 4.79 Å². The summed E-state index contributed by atoms with van der Waals surface area (Å²) in [4.78, 5) is 12.7. The summed E-state index contributed by atoms with van der Waals surface area (Å²) in [6, 6.07) is 13.4. The fourth-order valence-electron chi connectivity index (χ4n) is 2.74. The molecule has 0 bridgehead atoms. The number of hydrogen-bond donors (Lipinski definition) is 2. The summed E-state index contributed by atoms with van der Waals surface area (Å²) in [6.45, 7) is 1.88. The van der Waals surface area contributed by atoms with E-state index in [-0.39, 0.29) is 5.91 Å². The molecule has 2 N–H and O–H groups in total. The molecule has 0 radical (unpaired) electrons. The van der Waals surface area contributed by atoms with Crippen molar-refractivity contribution in [2.24, 2.45) is 0 Å². The minimum absolute atomic E-state index is 0.206. The molecular formula is C18H14BrN5O. The lowest BCUT2D eigenvalue weighted by Gasteiger charge is -2.07. The van der Waals surface area contributed by atoms with Crippen LogP contribution in [-0.4, -0.2) is 25.9 Å². The number of carbonyl (C=O) groups excluding carboxylic acids is 1. The average molecular weight is 396 g/mol. The van der Waals surface area contributed by atoms with E-state index in [0.29, 0.717) is 11.3 Å². The lowest BCUT2D eigenvalue weighted by Crippen LogP contribution is -2.13. The van der Waals surface area contributed by atoms with Crippen LogP contribution in [-0.2, 0) is 0 Å². The second-order valence-electron chi connectivity index (χ2n) is 5.63. The highest BCUT2D eigenvalue weighted by molar-refractivity contribution is 9.10. The van der Waals surface area contributed by atoms with Gasteiger partial charge in [0, 0.05) is 9.86 Å². The molecule has 25 heavy (non-hydrogen) atoms. The van der Waals surface area contributed by atoms with Gasteiger partial charge in [0.1, 0.15) is 0 Å². The van der Waals surface area contributed by atoms with Crippen molar-refractivity contribution in [3.63, 3.8) is 0 Å². The van der Waals surface area contributed by atoms with Crippen LogP contribution in [0.25, 0.3) is 16.6 Å². The van der Waals surface area contributed by atoms with Crippen LogP contribution in [0.5, 0.6) is 0 Å². The van der Waals surface area contributed by atoms with Crippen LogP contribution in [0.1, 0.15) is 16.1 Å². The van der Waals surface area contributed by atoms with E-state index < -0.39 is 0 Å². The second kappa shape index (κ2) is 6.18. The Balaban J connectivity index is 1.65. The molecule has 0 saturated carbocycles. The number of carbonyl (C=O) groups is 1. The van der Waals surface area contributed by atoms with E-state index in [0.717, 1.165) is 26.8 Å². The molecule has 7 heteroatoms. The average Bonchev–Trinajstić information content (AvgIpc) is 3.23.